The van der Waals surface area contributed by atoms with Crippen LogP contribution in [-0.4, -0.2) is 30.1 Å². The lowest BCUT2D eigenvalue weighted by atomic mass is 9.95. The van der Waals surface area contributed by atoms with E-state index in [1.54, 1.807) is 0 Å². The van der Waals surface area contributed by atoms with Crippen LogP contribution in [-0.2, 0) is 4.74 Å². The molecule has 0 atom stereocenters. The molecule has 0 amide bonds. The van der Waals surface area contributed by atoms with Gasteiger partial charge in [-0.25, -0.2) is 0 Å². The molecule has 1 N–H and O–H groups in total. The summed E-state index contributed by atoms with van der Waals surface area (Å²) in [5, 5.41) is 9.08. The minimum atomic E-state index is -4.24. The second-order valence-corrected chi connectivity index (χ2v) is 3.36. The third kappa shape index (κ3) is 4.47. The topological polar surface area (TPSA) is 29.5 Å². The molecule has 0 heterocycles. The van der Waals surface area contributed by atoms with Crippen LogP contribution in [0.1, 0.15) is 25.7 Å². The average Bonchev–Trinajstić information content (AvgIpc) is 2.02. The summed E-state index contributed by atoms with van der Waals surface area (Å²) in [6.45, 7) is -1.17. The number of hydrogen-bond acceptors (Lipinski definition) is 2. The molecule has 0 aromatic heterocycles. The monoisotopic (exact) mass is 198 g/mol. The summed E-state index contributed by atoms with van der Waals surface area (Å²) < 4.78 is 39.8. The molecule has 0 saturated heterocycles. The van der Waals surface area contributed by atoms with Gasteiger partial charge in [-0.2, -0.15) is 13.2 Å². The van der Waals surface area contributed by atoms with E-state index in [4.69, 9.17) is 5.11 Å². The maximum atomic E-state index is 11.7. The standard InChI is InChI=1S/C8H13F3O2/c9-8(10,11)5-13-7-3-1-6(12)2-4-7/h6-7,12H,1-5H2. The molecule has 1 aliphatic carbocycles. The number of aliphatic hydroxyl groups is 1. The number of aliphatic hydroxyl groups excluding tert-OH is 1. The molecular weight excluding hydrogens is 185 g/mol. The number of alkyl halides is 3. The van der Waals surface area contributed by atoms with Crippen LogP contribution in [0.3, 0.4) is 0 Å². The zero-order valence-corrected chi connectivity index (χ0v) is 7.18. The van der Waals surface area contributed by atoms with Crippen LogP contribution in [0.2, 0.25) is 0 Å². The van der Waals surface area contributed by atoms with Gasteiger partial charge in [0.2, 0.25) is 0 Å². The van der Waals surface area contributed by atoms with Crippen molar-refractivity contribution in [2.75, 3.05) is 6.61 Å². The molecule has 1 rings (SSSR count). The highest BCUT2D eigenvalue weighted by molar-refractivity contribution is 4.71. The zero-order valence-electron chi connectivity index (χ0n) is 7.18. The van der Waals surface area contributed by atoms with Crippen molar-refractivity contribution in [1.29, 1.82) is 0 Å². The average molecular weight is 198 g/mol. The summed E-state index contributed by atoms with van der Waals surface area (Å²) in [5.41, 5.74) is 0. The van der Waals surface area contributed by atoms with Crippen molar-refractivity contribution in [2.24, 2.45) is 0 Å². The number of hydrogen-bond donors (Lipinski definition) is 1. The highest BCUT2D eigenvalue weighted by atomic mass is 19.4. The molecule has 0 aromatic rings. The van der Waals surface area contributed by atoms with Gasteiger partial charge in [-0.3, -0.25) is 0 Å². The Labute approximate surface area is 74.7 Å². The zero-order chi connectivity index (χ0) is 9.90. The Balaban J connectivity index is 2.16. The smallest absolute Gasteiger partial charge is 0.393 e. The summed E-state index contributed by atoms with van der Waals surface area (Å²) in [7, 11) is 0. The van der Waals surface area contributed by atoms with Crippen molar-refractivity contribution in [1.82, 2.24) is 0 Å². The summed E-state index contributed by atoms with van der Waals surface area (Å²) in [6, 6.07) is 0. The summed E-state index contributed by atoms with van der Waals surface area (Å²) in [5.74, 6) is 0. The Hall–Kier alpha value is -0.290. The first-order valence-corrected chi connectivity index (χ1v) is 4.34. The molecule has 2 nitrogen and oxygen atoms in total. The van der Waals surface area contributed by atoms with E-state index in [-0.39, 0.29) is 12.2 Å². The number of rotatable bonds is 2. The van der Waals surface area contributed by atoms with Crippen molar-refractivity contribution >= 4 is 0 Å². The van der Waals surface area contributed by atoms with E-state index >= 15 is 0 Å². The van der Waals surface area contributed by atoms with Crippen LogP contribution in [0.15, 0.2) is 0 Å². The van der Waals surface area contributed by atoms with Crippen LogP contribution < -0.4 is 0 Å². The SMILES string of the molecule is OC1CCC(OCC(F)(F)F)CC1. The van der Waals surface area contributed by atoms with Crippen LogP contribution in [0.25, 0.3) is 0 Å². The molecule has 1 aliphatic rings. The maximum Gasteiger partial charge on any atom is 0.411 e. The van der Waals surface area contributed by atoms with Gasteiger partial charge in [0.25, 0.3) is 0 Å². The molecular formula is C8H13F3O2. The van der Waals surface area contributed by atoms with Crippen LogP contribution >= 0.6 is 0 Å². The molecule has 5 heteroatoms. The number of ether oxygens (including phenoxy) is 1. The molecule has 13 heavy (non-hydrogen) atoms. The van der Waals surface area contributed by atoms with Gasteiger partial charge in [0, 0.05) is 0 Å². The lowest BCUT2D eigenvalue weighted by Crippen LogP contribution is -2.28. The molecule has 0 spiro atoms. The predicted molar refractivity (Wildman–Crippen MR) is 40.3 cm³/mol. The van der Waals surface area contributed by atoms with Crippen molar-refractivity contribution in [3.05, 3.63) is 0 Å². The Morgan fingerprint density at radius 3 is 2.15 bits per heavy atom. The first-order chi connectivity index (χ1) is 5.97. The van der Waals surface area contributed by atoms with E-state index in [9.17, 15) is 13.2 Å². The molecule has 0 aliphatic heterocycles. The summed E-state index contributed by atoms with van der Waals surface area (Å²) in [4.78, 5) is 0. The van der Waals surface area contributed by atoms with E-state index in [1.807, 2.05) is 0 Å². The molecule has 0 radical (unpaired) electrons. The lowest BCUT2D eigenvalue weighted by Gasteiger charge is -2.25. The molecule has 1 saturated carbocycles. The molecule has 1 fully saturated rings. The van der Waals surface area contributed by atoms with Crippen molar-refractivity contribution in [3.63, 3.8) is 0 Å². The van der Waals surface area contributed by atoms with Gasteiger partial charge in [-0.1, -0.05) is 0 Å². The minimum absolute atomic E-state index is 0.329. The summed E-state index contributed by atoms with van der Waals surface area (Å²) >= 11 is 0. The fraction of sp³-hybridized carbons (Fsp3) is 1.00. The molecule has 0 aromatic carbocycles. The van der Waals surface area contributed by atoms with E-state index in [1.165, 1.54) is 0 Å². The van der Waals surface area contributed by atoms with Crippen molar-refractivity contribution in [3.8, 4) is 0 Å². The molecule has 78 valence electrons. The highest BCUT2D eigenvalue weighted by Crippen LogP contribution is 2.23. The second kappa shape index (κ2) is 4.28. The summed E-state index contributed by atoms with van der Waals surface area (Å²) in [6.07, 6.45) is -2.79. The van der Waals surface area contributed by atoms with Gasteiger partial charge in [0.1, 0.15) is 6.61 Å². The van der Waals surface area contributed by atoms with Gasteiger partial charge in [-0.15, -0.1) is 0 Å². The van der Waals surface area contributed by atoms with Crippen molar-refractivity contribution in [2.45, 2.75) is 44.1 Å². The quantitative estimate of drug-likeness (QED) is 0.733. The highest BCUT2D eigenvalue weighted by Gasteiger charge is 2.30. The second-order valence-electron chi connectivity index (χ2n) is 3.36. The molecule has 0 bridgehead atoms. The van der Waals surface area contributed by atoms with Crippen molar-refractivity contribution < 1.29 is 23.0 Å². The van der Waals surface area contributed by atoms with Crippen LogP contribution in [0, 0.1) is 0 Å². The first-order valence-electron chi connectivity index (χ1n) is 4.34. The fourth-order valence-corrected chi connectivity index (χ4v) is 1.42. The minimum Gasteiger partial charge on any atom is -0.393 e. The maximum absolute atomic E-state index is 11.7. The van der Waals surface area contributed by atoms with Gasteiger partial charge in [0.05, 0.1) is 12.2 Å². The van der Waals surface area contributed by atoms with E-state index in [0.717, 1.165) is 0 Å². The van der Waals surface area contributed by atoms with Crippen LogP contribution in [0.4, 0.5) is 13.2 Å². The Morgan fingerprint density at radius 1 is 1.15 bits per heavy atom. The van der Waals surface area contributed by atoms with Crippen LogP contribution in [0.5, 0.6) is 0 Å². The predicted octanol–water partition coefficient (Wildman–Crippen LogP) is 1.87. The Kier molecular flexibility index (Phi) is 3.55. The number of halogens is 3. The third-order valence-corrected chi connectivity index (χ3v) is 2.13. The first kappa shape index (κ1) is 10.8. The lowest BCUT2D eigenvalue weighted by molar-refractivity contribution is -0.189. The van der Waals surface area contributed by atoms with Gasteiger partial charge in [-0.05, 0) is 25.7 Å². The Morgan fingerprint density at radius 2 is 1.69 bits per heavy atom. The third-order valence-electron chi connectivity index (χ3n) is 2.13. The van der Waals surface area contributed by atoms with E-state index in [0.29, 0.717) is 25.7 Å². The molecule has 0 unspecified atom stereocenters. The van der Waals surface area contributed by atoms with Gasteiger partial charge >= 0.3 is 6.18 Å². The van der Waals surface area contributed by atoms with E-state index in [2.05, 4.69) is 4.74 Å². The van der Waals surface area contributed by atoms with Gasteiger partial charge in [0.15, 0.2) is 0 Å². The van der Waals surface area contributed by atoms with E-state index < -0.39 is 12.8 Å². The largest absolute Gasteiger partial charge is 0.411 e. The fourth-order valence-electron chi connectivity index (χ4n) is 1.42. The Bertz CT molecular complexity index is 150. The van der Waals surface area contributed by atoms with Gasteiger partial charge < -0.3 is 9.84 Å². The normalized spacial score (nSPS) is 30.5.